The normalized spacial score (nSPS) is 18.9. The van der Waals surface area contributed by atoms with E-state index in [0.717, 1.165) is 43.3 Å². The average molecular weight is 246 g/mol. The molecule has 1 aliphatic rings. The van der Waals surface area contributed by atoms with Crippen molar-refractivity contribution in [2.24, 2.45) is 0 Å². The largest absolute Gasteiger partial charge is 0.347 e. The number of nitrogens with zero attached hydrogens (tertiary/aromatic N) is 4. The standard InChI is InChI=1S/C12H18N6/c1-3-4-18-8(2)16-17-12(18)10-5-9-11(6-13-10)15-7-14-9/h7,10,13H,3-6H2,1-2H3,(H,14,15). The van der Waals surface area contributed by atoms with Crippen LogP contribution in [0.15, 0.2) is 6.33 Å². The van der Waals surface area contributed by atoms with Crippen LogP contribution in [0.3, 0.4) is 0 Å². The van der Waals surface area contributed by atoms with Gasteiger partial charge in [0, 0.05) is 19.5 Å². The first-order valence-corrected chi connectivity index (χ1v) is 6.43. The van der Waals surface area contributed by atoms with Gasteiger partial charge in [0.05, 0.1) is 23.8 Å². The SMILES string of the molecule is CCCn1c(C)nnc1C1Cc2nc[nH]c2CN1. The molecule has 0 aliphatic carbocycles. The van der Waals surface area contributed by atoms with Crippen LogP contribution in [0.5, 0.6) is 0 Å². The molecule has 0 amide bonds. The van der Waals surface area contributed by atoms with Crippen molar-refractivity contribution < 1.29 is 0 Å². The summed E-state index contributed by atoms with van der Waals surface area (Å²) in [6.07, 6.45) is 3.73. The van der Waals surface area contributed by atoms with Gasteiger partial charge in [0.1, 0.15) is 5.82 Å². The van der Waals surface area contributed by atoms with E-state index in [4.69, 9.17) is 0 Å². The van der Waals surface area contributed by atoms with Crippen molar-refractivity contribution in [2.45, 2.75) is 45.8 Å². The van der Waals surface area contributed by atoms with Crippen LogP contribution < -0.4 is 5.32 Å². The lowest BCUT2D eigenvalue weighted by molar-refractivity contribution is 0.443. The van der Waals surface area contributed by atoms with Gasteiger partial charge in [-0.1, -0.05) is 6.92 Å². The number of imidazole rings is 1. The Bertz CT molecular complexity index is 541. The van der Waals surface area contributed by atoms with Crippen LogP contribution in [0.2, 0.25) is 0 Å². The number of fused-ring (bicyclic) bond motifs is 1. The van der Waals surface area contributed by atoms with Crippen molar-refractivity contribution in [3.63, 3.8) is 0 Å². The first-order valence-electron chi connectivity index (χ1n) is 6.43. The van der Waals surface area contributed by atoms with Gasteiger partial charge in [0.25, 0.3) is 0 Å². The molecule has 0 saturated carbocycles. The molecule has 2 aromatic rings. The Labute approximate surface area is 106 Å². The van der Waals surface area contributed by atoms with E-state index in [9.17, 15) is 0 Å². The van der Waals surface area contributed by atoms with E-state index in [1.807, 2.05) is 6.92 Å². The Morgan fingerprint density at radius 2 is 2.33 bits per heavy atom. The molecule has 3 rings (SSSR count). The van der Waals surface area contributed by atoms with Gasteiger partial charge in [-0.3, -0.25) is 0 Å². The van der Waals surface area contributed by atoms with E-state index >= 15 is 0 Å². The topological polar surface area (TPSA) is 71.4 Å². The predicted molar refractivity (Wildman–Crippen MR) is 66.9 cm³/mol. The van der Waals surface area contributed by atoms with Crippen molar-refractivity contribution in [1.82, 2.24) is 30.0 Å². The third kappa shape index (κ3) is 1.82. The fourth-order valence-electron chi connectivity index (χ4n) is 2.51. The van der Waals surface area contributed by atoms with Crippen molar-refractivity contribution in [3.8, 4) is 0 Å². The number of H-pyrrole nitrogens is 1. The summed E-state index contributed by atoms with van der Waals surface area (Å²) in [5.74, 6) is 2.02. The quantitative estimate of drug-likeness (QED) is 0.851. The fraction of sp³-hybridized carbons (Fsp3) is 0.583. The van der Waals surface area contributed by atoms with Gasteiger partial charge in [-0.15, -0.1) is 10.2 Å². The minimum absolute atomic E-state index is 0.216. The second kappa shape index (κ2) is 4.53. The molecule has 1 atom stereocenters. The summed E-state index contributed by atoms with van der Waals surface area (Å²) in [6, 6.07) is 0.216. The molecule has 0 saturated heterocycles. The van der Waals surface area contributed by atoms with Gasteiger partial charge >= 0.3 is 0 Å². The third-order valence-electron chi connectivity index (χ3n) is 3.45. The van der Waals surface area contributed by atoms with E-state index in [1.54, 1.807) is 6.33 Å². The molecular weight excluding hydrogens is 228 g/mol. The summed E-state index contributed by atoms with van der Waals surface area (Å²) >= 11 is 0. The summed E-state index contributed by atoms with van der Waals surface area (Å²) in [5, 5.41) is 12.0. The van der Waals surface area contributed by atoms with Gasteiger partial charge in [0.2, 0.25) is 0 Å². The number of nitrogens with one attached hydrogen (secondary N) is 2. The molecule has 0 bridgehead atoms. The van der Waals surface area contributed by atoms with Crippen LogP contribution in [0, 0.1) is 6.92 Å². The molecular formula is C12H18N6. The molecule has 18 heavy (non-hydrogen) atoms. The maximum atomic E-state index is 4.36. The van der Waals surface area contributed by atoms with Crippen LogP contribution in [0.25, 0.3) is 0 Å². The summed E-state index contributed by atoms with van der Waals surface area (Å²) in [5.41, 5.74) is 2.33. The van der Waals surface area contributed by atoms with Crippen LogP contribution in [-0.2, 0) is 19.5 Å². The molecule has 0 radical (unpaired) electrons. The number of aryl methyl sites for hydroxylation is 1. The third-order valence-corrected chi connectivity index (χ3v) is 3.45. The second-order valence-corrected chi connectivity index (χ2v) is 4.72. The molecule has 1 aliphatic heterocycles. The van der Waals surface area contributed by atoms with Crippen LogP contribution in [0.1, 0.15) is 42.4 Å². The predicted octanol–water partition coefficient (Wildman–Crippen LogP) is 1.11. The van der Waals surface area contributed by atoms with Crippen LogP contribution in [0.4, 0.5) is 0 Å². The molecule has 2 aromatic heterocycles. The van der Waals surface area contributed by atoms with Crippen LogP contribution in [-0.4, -0.2) is 24.7 Å². The molecule has 0 aromatic carbocycles. The van der Waals surface area contributed by atoms with Gasteiger partial charge in [-0.2, -0.15) is 0 Å². The Morgan fingerprint density at radius 3 is 3.17 bits per heavy atom. The highest BCUT2D eigenvalue weighted by Gasteiger charge is 2.25. The second-order valence-electron chi connectivity index (χ2n) is 4.72. The summed E-state index contributed by atoms with van der Waals surface area (Å²) in [4.78, 5) is 7.52. The molecule has 6 nitrogen and oxygen atoms in total. The first-order chi connectivity index (χ1) is 8.79. The minimum Gasteiger partial charge on any atom is -0.347 e. The Morgan fingerprint density at radius 1 is 1.44 bits per heavy atom. The molecule has 2 N–H and O–H groups in total. The number of hydrogen-bond acceptors (Lipinski definition) is 4. The lowest BCUT2D eigenvalue weighted by atomic mass is 10.0. The van der Waals surface area contributed by atoms with Crippen molar-refractivity contribution in [2.75, 3.05) is 0 Å². The Balaban J connectivity index is 1.88. The average Bonchev–Trinajstić information content (AvgIpc) is 2.97. The zero-order chi connectivity index (χ0) is 12.5. The molecule has 0 fully saturated rings. The fourth-order valence-corrected chi connectivity index (χ4v) is 2.51. The van der Waals surface area contributed by atoms with Gasteiger partial charge in [0.15, 0.2) is 5.82 Å². The maximum absolute atomic E-state index is 4.36. The lowest BCUT2D eigenvalue weighted by Crippen LogP contribution is -2.31. The van der Waals surface area contributed by atoms with E-state index in [2.05, 4.69) is 37.0 Å². The van der Waals surface area contributed by atoms with Gasteiger partial charge in [-0.05, 0) is 13.3 Å². The molecule has 0 spiro atoms. The van der Waals surface area contributed by atoms with Crippen LogP contribution >= 0.6 is 0 Å². The number of aromatic nitrogens is 5. The highest BCUT2D eigenvalue weighted by molar-refractivity contribution is 5.18. The maximum Gasteiger partial charge on any atom is 0.150 e. The van der Waals surface area contributed by atoms with Crippen molar-refractivity contribution in [1.29, 1.82) is 0 Å². The Kier molecular flexibility index (Phi) is 2.87. The molecule has 6 heteroatoms. The van der Waals surface area contributed by atoms with E-state index in [-0.39, 0.29) is 6.04 Å². The molecule has 1 unspecified atom stereocenters. The highest BCUT2D eigenvalue weighted by Crippen LogP contribution is 2.23. The lowest BCUT2D eigenvalue weighted by Gasteiger charge is -2.23. The zero-order valence-electron chi connectivity index (χ0n) is 10.8. The number of rotatable bonds is 3. The highest BCUT2D eigenvalue weighted by atomic mass is 15.3. The van der Waals surface area contributed by atoms with E-state index < -0.39 is 0 Å². The van der Waals surface area contributed by atoms with Gasteiger partial charge < -0.3 is 14.9 Å². The monoisotopic (exact) mass is 246 g/mol. The van der Waals surface area contributed by atoms with Crippen molar-refractivity contribution in [3.05, 3.63) is 29.4 Å². The summed E-state index contributed by atoms with van der Waals surface area (Å²) < 4.78 is 2.20. The Hall–Kier alpha value is -1.69. The van der Waals surface area contributed by atoms with E-state index in [0.29, 0.717) is 0 Å². The van der Waals surface area contributed by atoms with Gasteiger partial charge in [-0.25, -0.2) is 4.98 Å². The molecule has 96 valence electrons. The number of aromatic amines is 1. The summed E-state index contributed by atoms with van der Waals surface area (Å²) in [7, 11) is 0. The minimum atomic E-state index is 0.216. The number of hydrogen-bond donors (Lipinski definition) is 2. The van der Waals surface area contributed by atoms with E-state index in [1.165, 1.54) is 5.69 Å². The smallest absolute Gasteiger partial charge is 0.150 e. The van der Waals surface area contributed by atoms with Crippen molar-refractivity contribution >= 4 is 0 Å². The first kappa shape index (κ1) is 11.4. The zero-order valence-corrected chi connectivity index (χ0v) is 10.8. The summed E-state index contributed by atoms with van der Waals surface area (Å²) in [6.45, 7) is 5.97. The molecule has 3 heterocycles.